The fourth-order valence-electron chi connectivity index (χ4n) is 0.591. The Hall–Kier alpha value is -1.20. The molecule has 0 N–H and O–H groups in total. The molecule has 11 heavy (non-hydrogen) atoms. The molecular weight excluding hydrogens is 158 g/mol. The average Bonchev–Trinajstić information content (AvgIpc) is 1.85. The second kappa shape index (κ2) is 2.81. The van der Waals surface area contributed by atoms with Crippen molar-refractivity contribution in [2.75, 3.05) is 0 Å². The number of nitrogens with zero attached hydrogens (tertiary/aromatic N) is 1. The van der Waals surface area contributed by atoms with Crippen LogP contribution >= 0.6 is 0 Å². The normalized spacial score (nSPS) is 11.2. The Labute approximate surface area is 61.3 Å². The van der Waals surface area contributed by atoms with Crippen LogP contribution in [0.25, 0.3) is 0 Å². The third-order valence-electron chi connectivity index (χ3n) is 0.929. The van der Waals surface area contributed by atoms with E-state index in [1.54, 1.807) is 6.07 Å². The zero-order valence-electron chi connectivity index (χ0n) is 5.45. The average molecular weight is 163 g/mol. The zero-order valence-corrected chi connectivity index (χ0v) is 5.45. The first-order chi connectivity index (χ1) is 5.08. The molecule has 0 radical (unpaired) electrons. The molecule has 0 fully saturated rings. The van der Waals surface area contributed by atoms with Crippen LogP contribution in [0.1, 0.15) is 0 Å². The van der Waals surface area contributed by atoms with Crippen LogP contribution in [0.4, 0.5) is 12.9 Å². The molecule has 0 atom stereocenters. The minimum absolute atomic E-state index is 0.611. The Kier molecular flexibility index (Phi) is 2.02. The molecule has 0 amide bonds. The molecule has 0 saturated heterocycles. The molecule has 1 aromatic rings. The summed E-state index contributed by atoms with van der Waals surface area (Å²) in [5, 5.41) is 0. The molecule has 2 nitrogen and oxygen atoms in total. The van der Waals surface area contributed by atoms with E-state index in [4.69, 9.17) is 0 Å². The molecule has 1 heterocycles. The molecule has 1 rings (SSSR count). The Morgan fingerprint density at radius 2 is 1.55 bits per heavy atom. The maximum absolute atomic E-state index is 11.6. The fraction of sp³-hybridized carbons (Fsp3) is 0. The topological polar surface area (TPSA) is 13.1 Å². The molecule has 60 valence electrons. The molecule has 0 aromatic carbocycles. The Bertz CT molecular complexity index is 225. The predicted molar refractivity (Wildman–Crippen MR) is 32.3 cm³/mol. The highest BCUT2D eigenvalue weighted by atomic mass is 19.4. The van der Waals surface area contributed by atoms with Gasteiger partial charge in [0, 0.05) is 12.1 Å². The van der Waals surface area contributed by atoms with Gasteiger partial charge in [0.15, 0.2) is 0 Å². The van der Waals surface area contributed by atoms with Crippen LogP contribution in [0.3, 0.4) is 0 Å². The highest BCUT2D eigenvalue weighted by Crippen LogP contribution is 2.02. The van der Waals surface area contributed by atoms with Gasteiger partial charge in [-0.05, 0) is 4.73 Å². The van der Waals surface area contributed by atoms with Crippen molar-refractivity contribution < 1.29 is 22.4 Å². The van der Waals surface area contributed by atoms with Crippen molar-refractivity contribution in [3.05, 3.63) is 30.6 Å². The van der Waals surface area contributed by atoms with Crippen LogP contribution in [-0.2, 0) is 0 Å². The monoisotopic (exact) mass is 163 g/mol. The summed E-state index contributed by atoms with van der Waals surface area (Å²) in [6, 6.07) is 4.49. The molecule has 1 aromatic heterocycles. The Balaban J connectivity index is 2.66. The van der Waals surface area contributed by atoms with Gasteiger partial charge in [0.1, 0.15) is 0 Å². The molecule has 0 spiro atoms. The van der Waals surface area contributed by atoms with Gasteiger partial charge in [-0.2, -0.15) is 0 Å². The zero-order chi connectivity index (χ0) is 8.32. The molecule has 6 heteroatoms. The Morgan fingerprint density at radius 3 is 2.00 bits per heavy atom. The largest absolute Gasteiger partial charge is 0.752 e. The van der Waals surface area contributed by atoms with Crippen LogP contribution in [0, 0.1) is 0 Å². The molecule has 0 aliphatic heterocycles. The summed E-state index contributed by atoms with van der Waals surface area (Å²) in [6.07, 6.45) is 2.35. The summed E-state index contributed by atoms with van der Waals surface area (Å²) in [5.74, 6) is 0. The Morgan fingerprint density at radius 1 is 1.00 bits per heavy atom. The summed E-state index contributed by atoms with van der Waals surface area (Å²) < 4.78 is 38.9. The van der Waals surface area contributed by atoms with Gasteiger partial charge in [-0.1, -0.05) is 6.07 Å². The molecule has 0 bridgehead atoms. The van der Waals surface area contributed by atoms with E-state index in [1.165, 1.54) is 24.5 Å². The third kappa shape index (κ3) is 2.93. The highest BCUT2D eigenvalue weighted by molar-refractivity contribution is 6.50. The first-order valence-electron chi connectivity index (χ1n) is 2.92. The lowest BCUT2D eigenvalue weighted by atomic mass is 10.3. The van der Waals surface area contributed by atoms with E-state index in [0.717, 1.165) is 0 Å². The van der Waals surface area contributed by atoms with E-state index in [9.17, 15) is 12.9 Å². The van der Waals surface area contributed by atoms with Gasteiger partial charge in [-0.25, -0.2) is 0 Å². The van der Waals surface area contributed by atoms with Gasteiger partial charge < -0.3 is 17.7 Å². The second-order valence-corrected chi connectivity index (χ2v) is 1.86. The lowest BCUT2D eigenvalue weighted by molar-refractivity contribution is -0.868. The molecule has 0 unspecified atom stereocenters. The number of pyridine rings is 1. The third-order valence-corrected chi connectivity index (χ3v) is 0.929. The minimum atomic E-state index is -5.22. The summed E-state index contributed by atoms with van der Waals surface area (Å²) in [5.41, 5.74) is 0. The van der Waals surface area contributed by atoms with Crippen LogP contribution < -0.4 is 9.49 Å². The maximum Gasteiger partial charge on any atom is 0.752 e. The first kappa shape index (κ1) is 7.91. The number of aromatic nitrogens is 1. The van der Waals surface area contributed by atoms with Crippen molar-refractivity contribution in [2.45, 2.75) is 0 Å². The molecule has 0 aliphatic rings. The summed E-state index contributed by atoms with van der Waals surface area (Å²) in [7, 11) is -5.22. The summed E-state index contributed by atoms with van der Waals surface area (Å²) in [4.78, 5) is 0. The van der Waals surface area contributed by atoms with Crippen molar-refractivity contribution in [2.24, 2.45) is 0 Å². The number of hydrogen-bond donors (Lipinski definition) is 0. The minimum Gasteiger partial charge on any atom is -0.407 e. The van der Waals surface area contributed by atoms with Crippen molar-refractivity contribution in [3.63, 3.8) is 0 Å². The number of hydrogen-bond acceptors (Lipinski definition) is 1. The summed E-state index contributed by atoms with van der Waals surface area (Å²) >= 11 is 0. The van der Waals surface area contributed by atoms with Gasteiger partial charge in [0.2, 0.25) is 12.4 Å². The second-order valence-electron chi connectivity index (χ2n) is 1.86. The molecular formula is C5H5BF3NO. The van der Waals surface area contributed by atoms with Gasteiger partial charge in [-0.3, -0.25) is 0 Å². The van der Waals surface area contributed by atoms with Crippen LogP contribution in [0.2, 0.25) is 0 Å². The van der Waals surface area contributed by atoms with E-state index < -0.39 is 7.18 Å². The smallest absolute Gasteiger partial charge is 0.407 e. The fourth-order valence-corrected chi connectivity index (χ4v) is 0.591. The molecule has 0 aliphatic carbocycles. The first-order valence-corrected chi connectivity index (χ1v) is 2.92. The lowest BCUT2D eigenvalue weighted by Crippen LogP contribution is -2.52. The van der Waals surface area contributed by atoms with Crippen molar-refractivity contribution in [1.82, 2.24) is 0 Å². The van der Waals surface area contributed by atoms with E-state index in [-0.39, 0.29) is 0 Å². The quantitative estimate of drug-likeness (QED) is 0.463. The van der Waals surface area contributed by atoms with Crippen molar-refractivity contribution in [1.29, 1.82) is 0 Å². The SMILES string of the molecule is F[B-](F)(F)O[n+]1ccccc1. The summed E-state index contributed by atoms with van der Waals surface area (Å²) in [6.45, 7) is 0. The standard InChI is InChI=1S/C5H5BF3NO/c7-6(8,9)11-10-4-2-1-3-5-10/h1-5H. The highest BCUT2D eigenvalue weighted by Gasteiger charge is 2.33. The van der Waals surface area contributed by atoms with E-state index in [1.807, 2.05) is 0 Å². The number of rotatable bonds is 2. The van der Waals surface area contributed by atoms with Gasteiger partial charge in [0.05, 0.1) is 0 Å². The van der Waals surface area contributed by atoms with Crippen molar-refractivity contribution >= 4 is 7.18 Å². The number of halogens is 3. The van der Waals surface area contributed by atoms with Crippen LogP contribution in [-0.4, -0.2) is 7.18 Å². The predicted octanol–water partition coefficient (Wildman–Crippen LogP) is 0.747. The van der Waals surface area contributed by atoms with Gasteiger partial charge in [0.25, 0.3) is 0 Å². The lowest BCUT2D eigenvalue weighted by Gasteiger charge is -2.08. The van der Waals surface area contributed by atoms with E-state index in [0.29, 0.717) is 4.73 Å². The van der Waals surface area contributed by atoms with Gasteiger partial charge in [-0.15, -0.1) is 0 Å². The van der Waals surface area contributed by atoms with E-state index >= 15 is 0 Å². The van der Waals surface area contributed by atoms with Crippen molar-refractivity contribution in [3.8, 4) is 0 Å². The van der Waals surface area contributed by atoms with Crippen LogP contribution in [0.15, 0.2) is 30.6 Å². The van der Waals surface area contributed by atoms with Gasteiger partial charge >= 0.3 is 7.18 Å². The maximum atomic E-state index is 11.6. The molecule has 0 saturated carbocycles. The van der Waals surface area contributed by atoms with Crippen LogP contribution in [0.5, 0.6) is 0 Å². The van der Waals surface area contributed by atoms with E-state index in [2.05, 4.69) is 4.76 Å².